The first-order valence-corrected chi connectivity index (χ1v) is 9.25. The molecule has 1 nitrogen and oxygen atoms in total. The maximum absolute atomic E-state index is 9.05. The first-order valence-electron chi connectivity index (χ1n) is 7.75. The molecule has 3 aromatic rings. The van der Waals surface area contributed by atoms with Gasteiger partial charge in [-0.1, -0.05) is 61.5 Å². The minimum atomic E-state index is -0.877. The largest absolute Gasteiger partial charge is 0.542 e. The molecular weight excluding hydrogens is 355 g/mol. The summed E-state index contributed by atoms with van der Waals surface area (Å²) in [6.07, 6.45) is 2.19. The molecule has 24 heavy (non-hydrogen) atoms. The van der Waals surface area contributed by atoms with E-state index in [2.05, 4.69) is 91.0 Å². The molecule has 0 saturated carbocycles. The molecule has 0 N–H and O–H groups in total. The Balaban J connectivity index is 0.000000522. The van der Waals surface area contributed by atoms with Gasteiger partial charge in [0.25, 0.3) is 0 Å². The SMILES string of the molecule is CC[C-]=O.[Fe].c1ccc([PH+](c2ccccc2)c2ccccc2)cc1. The van der Waals surface area contributed by atoms with Crippen LogP contribution in [0.15, 0.2) is 91.0 Å². The number of rotatable bonds is 4. The Kier molecular flexibility index (Phi) is 9.96. The van der Waals surface area contributed by atoms with Crippen LogP contribution >= 0.6 is 7.92 Å². The molecule has 0 unspecified atom stereocenters. The van der Waals surface area contributed by atoms with Gasteiger partial charge in [-0.25, -0.2) is 0 Å². The van der Waals surface area contributed by atoms with E-state index in [1.54, 1.807) is 13.2 Å². The second-order valence-corrected chi connectivity index (χ2v) is 7.45. The summed E-state index contributed by atoms with van der Waals surface area (Å²) in [5.74, 6) is 0. The molecular formula is C21H21FeOP. The summed E-state index contributed by atoms with van der Waals surface area (Å²) in [5.41, 5.74) is 0. The molecule has 0 spiro atoms. The molecule has 3 aromatic carbocycles. The van der Waals surface area contributed by atoms with E-state index in [9.17, 15) is 0 Å². The third-order valence-electron chi connectivity index (χ3n) is 3.33. The van der Waals surface area contributed by atoms with Gasteiger partial charge in [0.15, 0.2) is 0 Å². The monoisotopic (exact) mass is 376 g/mol. The number of carbonyl (C=O) groups excluding carboxylic acids is 1. The van der Waals surface area contributed by atoms with Crippen molar-refractivity contribution in [1.29, 1.82) is 0 Å². The van der Waals surface area contributed by atoms with Gasteiger partial charge in [-0.3, -0.25) is 6.29 Å². The fourth-order valence-corrected chi connectivity index (χ4v) is 4.89. The van der Waals surface area contributed by atoms with Crippen LogP contribution in [0.25, 0.3) is 0 Å². The van der Waals surface area contributed by atoms with Crippen molar-refractivity contribution in [2.45, 2.75) is 13.3 Å². The van der Waals surface area contributed by atoms with Gasteiger partial charge in [0, 0.05) is 17.1 Å². The maximum atomic E-state index is 9.05. The molecule has 0 radical (unpaired) electrons. The second kappa shape index (κ2) is 11.8. The topological polar surface area (TPSA) is 17.1 Å². The molecule has 124 valence electrons. The van der Waals surface area contributed by atoms with Gasteiger partial charge in [-0.15, -0.1) is 0 Å². The quantitative estimate of drug-likeness (QED) is 0.386. The van der Waals surface area contributed by atoms with Crippen LogP contribution in [-0.2, 0) is 21.9 Å². The van der Waals surface area contributed by atoms with Crippen LogP contribution in [0.1, 0.15) is 13.3 Å². The smallest absolute Gasteiger partial charge is 0.102 e. The zero-order chi connectivity index (χ0) is 16.3. The minimum Gasteiger partial charge on any atom is -0.542 e. The molecule has 0 aliphatic rings. The van der Waals surface area contributed by atoms with Crippen LogP contribution in [0, 0.1) is 0 Å². The fraction of sp³-hybridized carbons (Fsp3) is 0.0952. The molecule has 0 fully saturated rings. The Morgan fingerprint density at radius 1 is 0.667 bits per heavy atom. The predicted molar refractivity (Wildman–Crippen MR) is 103 cm³/mol. The average Bonchev–Trinajstić information content (AvgIpc) is 2.65. The van der Waals surface area contributed by atoms with Crippen LogP contribution in [0.2, 0.25) is 0 Å². The van der Waals surface area contributed by atoms with Crippen molar-refractivity contribution in [2.75, 3.05) is 0 Å². The minimum absolute atomic E-state index is 0. The van der Waals surface area contributed by atoms with Gasteiger partial charge in [0.1, 0.15) is 15.9 Å². The Morgan fingerprint density at radius 3 is 1.12 bits per heavy atom. The normalized spacial score (nSPS) is 9.42. The molecule has 3 heteroatoms. The Hall–Kier alpha value is -1.72. The van der Waals surface area contributed by atoms with E-state index in [-0.39, 0.29) is 17.1 Å². The summed E-state index contributed by atoms with van der Waals surface area (Å²) in [6, 6.07) is 32.5. The van der Waals surface area contributed by atoms with Gasteiger partial charge < -0.3 is 4.79 Å². The molecule has 3 rings (SSSR count). The van der Waals surface area contributed by atoms with Crippen LogP contribution in [0.3, 0.4) is 0 Å². The first kappa shape index (κ1) is 20.3. The van der Waals surface area contributed by atoms with E-state index < -0.39 is 7.92 Å². The number of hydrogen-bond acceptors (Lipinski definition) is 1. The molecule has 0 aromatic heterocycles. The second-order valence-electron chi connectivity index (χ2n) is 4.97. The third kappa shape index (κ3) is 6.06. The van der Waals surface area contributed by atoms with Crippen LogP contribution < -0.4 is 15.9 Å². The van der Waals surface area contributed by atoms with E-state index in [1.165, 1.54) is 15.9 Å². The zero-order valence-corrected chi connectivity index (χ0v) is 15.7. The average molecular weight is 376 g/mol. The van der Waals surface area contributed by atoms with Crippen LogP contribution in [-0.4, -0.2) is 6.29 Å². The van der Waals surface area contributed by atoms with Crippen molar-refractivity contribution >= 4 is 30.1 Å². The predicted octanol–water partition coefficient (Wildman–Crippen LogP) is 3.68. The van der Waals surface area contributed by atoms with Crippen LogP contribution in [0.4, 0.5) is 0 Å². The Bertz CT molecular complexity index is 593. The van der Waals surface area contributed by atoms with Crippen LogP contribution in [0.5, 0.6) is 0 Å². The van der Waals surface area contributed by atoms with Crippen molar-refractivity contribution in [1.82, 2.24) is 0 Å². The summed E-state index contributed by atoms with van der Waals surface area (Å²) in [5, 5.41) is 4.31. The molecule has 0 heterocycles. The fourth-order valence-electron chi connectivity index (χ4n) is 2.31. The molecule has 0 aliphatic heterocycles. The maximum Gasteiger partial charge on any atom is 0.102 e. The van der Waals surface area contributed by atoms with Gasteiger partial charge >= 0.3 is 0 Å². The van der Waals surface area contributed by atoms with Crippen molar-refractivity contribution in [3.8, 4) is 0 Å². The van der Waals surface area contributed by atoms with Crippen molar-refractivity contribution < 1.29 is 21.9 Å². The van der Waals surface area contributed by atoms with Crippen molar-refractivity contribution in [3.63, 3.8) is 0 Å². The van der Waals surface area contributed by atoms with Crippen molar-refractivity contribution in [3.05, 3.63) is 91.0 Å². The Morgan fingerprint density at radius 2 is 0.917 bits per heavy atom. The number of benzene rings is 3. The summed E-state index contributed by atoms with van der Waals surface area (Å²) in [6.45, 7) is 1.76. The van der Waals surface area contributed by atoms with Crippen molar-refractivity contribution in [2.24, 2.45) is 0 Å². The summed E-state index contributed by atoms with van der Waals surface area (Å²) < 4.78 is 0. The molecule has 0 amide bonds. The summed E-state index contributed by atoms with van der Waals surface area (Å²) >= 11 is 0. The van der Waals surface area contributed by atoms with E-state index in [0.29, 0.717) is 6.42 Å². The van der Waals surface area contributed by atoms with Gasteiger partial charge in [-0.05, 0) is 36.4 Å². The van der Waals surface area contributed by atoms with Gasteiger partial charge in [-0.2, -0.15) is 6.42 Å². The molecule has 0 saturated heterocycles. The number of hydrogen-bond donors (Lipinski definition) is 0. The van der Waals surface area contributed by atoms with Gasteiger partial charge in [0.2, 0.25) is 0 Å². The standard InChI is InChI=1S/C18H15P.C3H5O.Fe/c1-4-10-16(11-5-1)19(17-12-6-2-7-13-17)18-14-8-3-9-15-18;1-2-3-4;/h1-15H;2H2,1H3;/q;-1;/p+1. The van der Waals surface area contributed by atoms with E-state index in [4.69, 9.17) is 4.79 Å². The van der Waals surface area contributed by atoms with Gasteiger partial charge in [0.05, 0.1) is 7.92 Å². The summed E-state index contributed by atoms with van der Waals surface area (Å²) in [4.78, 5) is 9.05. The van der Waals surface area contributed by atoms with E-state index in [0.717, 1.165) is 0 Å². The third-order valence-corrected chi connectivity index (χ3v) is 6.06. The zero-order valence-electron chi connectivity index (χ0n) is 13.6. The Labute approximate surface area is 156 Å². The molecule has 0 atom stereocenters. The summed E-state index contributed by atoms with van der Waals surface area (Å²) in [7, 11) is -0.877. The molecule has 0 aliphatic carbocycles. The molecule has 0 bridgehead atoms. The first-order chi connectivity index (χ1) is 11.4. The van der Waals surface area contributed by atoms with E-state index in [1.807, 2.05) is 0 Å². The van der Waals surface area contributed by atoms with E-state index >= 15 is 0 Å².